The van der Waals surface area contributed by atoms with Gasteiger partial charge in [-0.3, -0.25) is 24.0 Å². The molecule has 3 amide bonds. The molecule has 3 saturated heterocycles. The Kier molecular flexibility index (Phi) is 9.82. The summed E-state index contributed by atoms with van der Waals surface area (Å²) in [5.41, 5.74) is -1.14. The monoisotopic (exact) mass is 768 g/mol. The van der Waals surface area contributed by atoms with Crippen LogP contribution in [0.2, 0.25) is 0 Å². The van der Waals surface area contributed by atoms with Crippen molar-refractivity contribution >= 4 is 23.4 Å². The molecule has 6 aliphatic rings. The van der Waals surface area contributed by atoms with Gasteiger partial charge in [0.05, 0.1) is 37.5 Å². The number of nitrogens with one attached hydrogen (secondary N) is 2. The third-order valence-electron chi connectivity index (χ3n) is 11.8. The van der Waals surface area contributed by atoms with Gasteiger partial charge in [0.2, 0.25) is 11.8 Å². The quantitative estimate of drug-likeness (QED) is 0.324. The zero-order chi connectivity index (χ0) is 37.9. The minimum atomic E-state index is -4.73. The molecule has 1 aromatic carbocycles. The number of nitrogens with zero attached hydrogens (tertiary/aromatic N) is 4. The Morgan fingerprint density at radius 3 is 2.37 bits per heavy atom. The minimum Gasteiger partial charge on any atom is -0.487 e. The zero-order valence-electron chi connectivity index (χ0n) is 29.3. The molecule has 54 heavy (non-hydrogen) atoms. The second-order valence-electron chi connectivity index (χ2n) is 15.5. The molecule has 0 radical (unpaired) electrons. The molecule has 3 atom stereocenters. The van der Waals surface area contributed by atoms with E-state index in [-0.39, 0.29) is 52.9 Å². The van der Waals surface area contributed by atoms with E-state index in [1.54, 1.807) is 0 Å². The van der Waals surface area contributed by atoms with Gasteiger partial charge in [0.15, 0.2) is 6.10 Å². The van der Waals surface area contributed by atoms with Crippen molar-refractivity contribution in [3.63, 3.8) is 0 Å². The number of carbonyl (C=O) groups is 3. The smallest absolute Gasteiger partial charge is 0.416 e. The van der Waals surface area contributed by atoms with E-state index in [0.717, 1.165) is 41.3 Å². The number of rotatable bonds is 11. The summed E-state index contributed by atoms with van der Waals surface area (Å²) in [6.45, 7) is 0.0707. The minimum absolute atomic E-state index is 0.128. The summed E-state index contributed by atoms with van der Waals surface area (Å²) in [5, 5.41) is 9.21. The van der Waals surface area contributed by atoms with E-state index in [4.69, 9.17) is 14.2 Å². The predicted octanol–water partition coefficient (Wildman–Crippen LogP) is 4.31. The molecule has 2 saturated carbocycles. The van der Waals surface area contributed by atoms with E-state index in [0.29, 0.717) is 39.1 Å². The Labute approximate surface area is 306 Å². The topological polar surface area (TPSA) is 127 Å². The maximum Gasteiger partial charge on any atom is 0.416 e. The molecule has 18 heteroatoms. The normalized spacial score (nSPS) is 25.3. The third-order valence-corrected chi connectivity index (χ3v) is 11.8. The van der Waals surface area contributed by atoms with E-state index >= 15 is 4.39 Å². The molecular formula is C36H42F6N6O6. The van der Waals surface area contributed by atoms with Crippen molar-refractivity contribution < 1.29 is 54.9 Å². The first-order valence-electron chi connectivity index (χ1n) is 18.5. The number of aromatic nitrogens is 2. The van der Waals surface area contributed by atoms with Crippen LogP contribution in [-0.2, 0) is 25.6 Å². The number of likely N-dealkylation sites (tertiary alicyclic amines) is 1. The number of morpholine rings is 1. The van der Waals surface area contributed by atoms with Gasteiger partial charge in [-0.2, -0.15) is 18.3 Å². The summed E-state index contributed by atoms with van der Waals surface area (Å²) in [6.07, 6.45) is -4.02. The Bertz CT molecular complexity index is 1740. The van der Waals surface area contributed by atoms with E-state index in [1.165, 1.54) is 18.3 Å². The van der Waals surface area contributed by atoms with Gasteiger partial charge in [-0.1, -0.05) is 0 Å². The number of hydrogen-bond acceptors (Lipinski definition) is 8. The number of carbonyl (C=O) groups excluding carboxylic acids is 3. The van der Waals surface area contributed by atoms with Crippen LogP contribution in [0.5, 0.6) is 5.75 Å². The lowest BCUT2D eigenvalue weighted by Crippen LogP contribution is -2.59. The second-order valence-corrected chi connectivity index (χ2v) is 15.5. The van der Waals surface area contributed by atoms with E-state index in [2.05, 4.69) is 20.6 Å². The molecule has 12 nitrogen and oxygen atoms in total. The summed E-state index contributed by atoms with van der Waals surface area (Å²) in [7, 11) is 0. The molecule has 1 aromatic heterocycles. The maximum atomic E-state index is 16.2. The molecular weight excluding hydrogens is 726 g/mol. The van der Waals surface area contributed by atoms with Gasteiger partial charge in [0, 0.05) is 37.3 Å². The van der Waals surface area contributed by atoms with E-state index in [1.807, 2.05) is 0 Å². The Morgan fingerprint density at radius 2 is 1.76 bits per heavy atom. The van der Waals surface area contributed by atoms with Gasteiger partial charge in [-0.05, 0) is 68.4 Å². The number of alkyl halides is 5. The highest BCUT2D eigenvalue weighted by Gasteiger charge is 2.52. The summed E-state index contributed by atoms with van der Waals surface area (Å²) >= 11 is 0. The average Bonchev–Trinajstić information content (AvgIpc) is 4.04. The van der Waals surface area contributed by atoms with Crippen LogP contribution in [0.25, 0.3) is 0 Å². The summed E-state index contributed by atoms with van der Waals surface area (Å²) < 4.78 is 102. The lowest BCUT2D eigenvalue weighted by molar-refractivity contribution is -0.238. The lowest BCUT2D eigenvalue weighted by Gasteiger charge is -2.51. The van der Waals surface area contributed by atoms with Crippen LogP contribution < -0.4 is 15.4 Å². The molecule has 1 spiro atoms. The SMILES string of the molecule is O=C(N[C@H](C(=O)Nc1cc2c(cc1F)C(N1CC(C(F)(F)F)OCC1=O)CC1(CCN(C3COC3)CC1)O2)C(C1CC1)C1CC1)c1ccnn1CC(F)F. The molecule has 2 aliphatic carbocycles. The lowest BCUT2D eigenvalue weighted by atomic mass is 9.79. The van der Waals surface area contributed by atoms with Crippen LogP contribution >= 0.6 is 0 Å². The van der Waals surface area contributed by atoms with Crippen molar-refractivity contribution in [2.24, 2.45) is 17.8 Å². The van der Waals surface area contributed by atoms with Crippen LogP contribution in [0.4, 0.5) is 32.0 Å². The molecule has 4 aliphatic heterocycles. The Morgan fingerprint density at radius 1 is 1.06 bits per heavy atom. The van der Waals surface area contributed by atoms with Crippen molar-refractivity contribution in [1.82, 2.24) is 24.9 Å². The maximum absolute atomic E-state index is 16.2. The first-order valence-corrected chi connectivity index (χ1v) is 18.5. The summed E-state index contributed by atoms with van der Waals surface area (Å²) in [6, 6.07) is 1.83. The Balaban J connectivity index is 1.09. The van der Waals surface area contributed by atoms with Gasteiger partial charge in [0.1, 0.15) is 42.1 Å². The van der Waals surface area contributed by atoms with Crippen LogP contribution in [0.1, 0.15) is 67.0 Å². The fraction of sp³-hybridized carbons (Fsp3) is 0.667. The molecule has 2 aromatic rings. The van der Waals surface area contributed by atoms with Crippen molar-refractivity contribution in [2.45, 2.75) is 93.9 Å². The number of piperidine rings is 1. The van der Waals surface area contributed by atoms with Crippen molar-refractivity contribution in [1.29, 1.82) is 0 Å². The fourth-order valence-corrected chi connectivity index (χ4v) is 8.61. The van der Waals surface area contributed by atoms with Crippen molar-refractivity contribution in [2.75, 3.05) is 44.8 Å². The third kappa shape index (κ3) is 7.52. The number of ether oxygens (including phenoxy) is 3. The number of benzene rings is 1. The first kappa shape index (κ1) is 37.0. The molecule has 5 fully saturated rings. The van der Waals surface area contributed by atoms with Crippen LogP contribution in [-0.4, -0.2) is 113 Å². The predicted molar refractivity (Wildman–Crippen MR) is 177 cm³/mol. The molecule has 5 heterocycles. The molecule has 0 bridgehead atoms. The molecule has 8 rings (SSSR count). The summed E-state index contributed by atoms with van der Waals surface area (Å²) in [5.74, 6) is -2.92. The van der Waals surface area contributed by atoms with Crippen LogP contribution in [0.3, 0.4) is 0 Å². The number of halogens is 6. The Hall–Kier alpha value is -3.90. The molecule has 2 N–H and O–H groups in total. The van der Waals surface area contributed by atoms with E-state index in [9.17, 15) is 36.3 Å². The highest BCUT2D eigenvalue weighted by molar-refractivity contribution is 6.01. The number of fused-ring (bicyclic) bond motifs is 1. The fourth-order valence-electron chi connectivity index (χ4n) is 8.61. The van der Waals surface area contributed by atoms with E-state index < -0.39 is 79.6 Å². The molecule has 294 valence electrons. The standard InChI is InChI=1S/C36H42F6N6O6/c37-23-11-22-26(47-14-28(36(40,41)42)53-18-30(47)49)13-35(6-9-46(10-7-35)21-16-52-17-21)54-27(22)12-24(23)44-34(51)32(31(19-1-2-19)20-3-4-20)45-33(50)25-5-8-43-48(25)15-29(38)39/h5,8,11-12,19-21,26,28-29,31-32H,1-4,6-7,9-10,13-18H2,(H,44,51)(H,45,50)/t26?,28?,32-/m0/s1. The van der Waals surface area contributed by atoms with Crippen LogP contribution in [0.15, 0.2) is 24.4 Å². The van der Waals surface area contributed by atoms with Gasteiger partial charge in [-0.15, -0.1) is 0 Å². The number of anilines is 1. The first-order chi connectivity index (χ1) is 25.8. The molecule has 2 unspecified atom stereocenters. The highest BCUT2D eigenvalue weighted by Crippen LogP contribution is 2.52. The number of amides is 3. The van der Waals surface area contributed by atoms with Crippen LogP contribution in [0, 0.1) is 23.6 Å². The van der Waals surface area contributed by atoms with Gasteiger partial charge >= 0.3 is 6.18 Å². The van der Waals surface area contributed by atoms with Crippen molar-refractivity contribution in [3.05, 3.63) is 41.5 Å². The van der Waals surface area contributed by atoms with Gasteiger partial charge < -0.3 is 29.7 Å². The van der Waals surface area contributed by atoms with Gasteiger partial charge in [0.25, 0.3) is 12.3 Å². The highest BCUT2D eigenvalue weighted by atomic mass is 19.4. The number of hydrogen-bond donors (Lipinski definition) is 2. The van der Waals surface area contributed by atoms with Crippen molar-refractivity contribution in [3.8, 4) is 5.75 Å². The van der Waals surface area contributed by atoms with Gasteiger partial charge in [-0.25, -0.2) is 13.2 Å². The zero-order valence-corrected chi connectivity index (χ0v) is 29.3. The second kappa shape index (κ2) is 14.3. The summed E-state index contributed by atoms with van der Waals surface area (Å²) in [4.78, 5) is 44.2. The average molecular weight is 769 g/mol. The largest absolute Gasteiger partial charge is 0.487 e.